The Balaban J connectivity index is 4.37. The van der Waals surface area contributed by atoms with E-state index in [4.69, 9.17) is 4.74 Å². The van der Waals surface area contributed by atoms with Gasteiger partial charge in [-0.3, -0.25) is 0 Å². The van der Waals surface area contributed by atoms with E-state index in [1.165, 1.54) is 0 Å². The van der Waals surface area contributed by atoms with Crippen molar-refractivity contribution in [3.63, 3.8) is 0 Å². The number of rotatable bonds is 6. The molecule has 0 amide bonds. The molecule has 0 N–H and O–H groups in total. The monoisotopic (exact) mass is 190 g/mol. The summed E-state index contributed by atoms with van der Waals surface area (Å²) in [5.41, 5.74) is -0.329. The second-order valence-corrected chi connectivity index (χ2v) is 4.35. The second-order valence-electron chi connectivity index (χ2n) is 4.35. The number of hydrogen-bond acceptors (Lipinski definition) is 1. The lowest BCUT2D eigenvalue weighted by molar-refractivity contribution is -0.0121. The van der Waals surface area contributed by atoms with Crippen LogP contribution in [0.2, 0.25) is 0 Å². The summed E-state index contributed by atoms with van der Waals surface area (Å²) < 4.78 is 18.9. The van der Waals surface area contributed by atoms with E-state index >= 15 is 0 Å². The van der Waals surface area contributed by atoms with E-state index in [-0.39, 0.29) is 5.41 Å². The molecule has 0 fully saturated rings. The predicted molar refractivity (Wildman–Crippen MR) is 54.6 cm³/mol. The van der Waals surface area contributed by atoms with E-state index in [1.54, 1.807) is 7.11 Å². The van der Waals surface area contributed by atoms with E-state index in [2.05, 4.69) is 13.8 Å². The molecule has 0 saturated heterocycles. The smallest absolute Gasteiger partial charge is 0.108 e. The van der Waals surface area contributed by atoms with Crippen molar-refractivity contribution < 1.29 is 9.13 Å². The van der Waals surface area contributed by atoms with Gasteiger partial charge >= 0.3 is 0 Å². The van der Waals surface area contributed by atoms with Gasteiger partial charge in [0.05, 0.1) is 6.61 Å². The van der Waals surface area contributed by atoms with E-state index in [0.717, 1.165) is 6.42 Å². The maximum atomic E-state index is 13.8. The van der Waals surface area contributed by atoms with Crippen LogP contribution in [0.3, 0.4) is 0 Å². The Hall–Kier alpha value is -0.110. The molecule has 0 saturated carbocycles. The minimum absolute atomic E-state index is 0.314. The molecule has 0 spiro atoms. The summed E-state index contributed by atoms with van der Waals surface area (Å²) in [5.74, 6) is 0.314. The predicted octanol–water partition coefficient (Wildman–Crippen LogP) is 3.43. The van der Waals surface area contributed by atoms with Crippen molar-refractivity contribution in [1.29, 1.82) is 0 Å². The first-order valence-electron chi connectivity index (χ1n) is 5.12. The fourth-order valence-corrected chi connectivity index (χ4v) is 1.51. The maximum Gasteiger partial charge on any atom is 0.108 e. The zero-order valence-electron chi connectivity index (χ0n) is 9.56. The average Bonchev–Trinajstić information content (AvgIpc) is 2.04. The molecule has 0 bridgehead atoms. The summed E-state index contributed by atoms with van der Waals surface area (Å²) in [6.07, 6.45) is 0.781. The van der Waals surface area contributed by atoms with Crippen LogP contribution in [0, 0.1) is 11.3 Å². The summed E-state index contributed by atoms with van der Waals surface area (Å²) in [7, 11) is 1.64. The van der Waals surface area contributed by atoms with Crippen LogP contribution in [0.1, 0.15) is 40.5 Å². The Labute approximate surface area is 81.7 Å². The molecule has 2 atom stereocenters. The van der Waals surface area contributed by atoms with Gasteiger partial charge in [0, 0.05) is 12.5 Å². The first kappa shape index (κ1) is 12.9. The van der Waals surface area contributed by atoms with Crippen molar-refractivity contribution in [3.8, 4) is 0 Å². The molecule has 80 valence electrons. The summed E-state index contributed by atoms with van der Waals surface area (Å²) in [4.78, 5) is 0. The molecule has 13 heavy (non-hydrogen) atoms. The highest BCUT2D eigenvalue weighted by Crippen LogP contribution is 2.35. The second kappa shape index (κ2) is 5.58. The number of ether oxygens (including phenoxy) is 1. The van der Waals surface area contributed by atoms with E-state index < -0.39 is 6.17 Å². The van der Waals surface area contributed by atoms with Gasteiger partial charge in [-0.1, -0.05) is 34.1 Å². The molecule has 0 aromatic carbocycles. The first-order valence-corrected chi connectivity index (χ1v) is 5.12. The minimum atomic E-state index is -0.752. The van der Waals surface area contributed by atoms with Crippen molar-refractivity contribution in [2.45, 2.75) is 46.7 Å². The van der Waals surface area contributed by atoms with Gasteiger partial charge in [-0.15, -0.1) is 0 Å². The number of hydrogen-bond donors (Lipinski definition) is 0. The molecule has 2 heteroatoms. The molecule has 0 rings (SSSR count). The van der Waals surface area contributed by atoms with Crippen molar-refractivity contribution in [2.75, 3.05) is 13.7 Å². The summed E-state index contributed by atoms with van der Waals surface area (Å²) >= 11 is 0. The van der Waals surface area contributed by atoms with Crippen LogP contribution >= 0.6 is 0 Å². The summed E-state index contributed by atoms with van der Waals surface area (Å²) in [6.45, 7) is 8.61. The van der Waals surface area contributed by atoms with E-state index in [1.807, 2.05) is 13.8 Å². The molecule has 0 heterocycles. The Kier molecular flexibility index (Phi) is 5.54. The highest BCUT2D eigenvalue weighted by Gasteiger charge is 2.36. The zero-order chi connectivity index (χ0) is 10.5. The van der Waals surface area contributed by atoms with Crippen molar-refractivity contribution in [1.82, 2.24) is 0 Å². The highest BCUT2D eigenvalue weighted by atomic mass is 19.1. The molecule has 0 aromatic rings. The topological polar surface area (TPSA) is 9.23 Å². The van der Waals surface area contributed by atoms with Gasteiger partial charge in [0.25, 0.3) is 0 Å². The molecule has 0 aliphatic heterocycles. The van der Waals surface area contributed by atoms with Gasteiger partial charge in [-0.2, -0.15) is 0 Å². The van der Waals surface area contributed by atoms with Gasteiger partial charge in [-0.05, 0) is 12.3 Å². The summed E-state index contributed by atoms with van der Waals surface area (Å²) in [6, 6.07) is 0. The third kappa shape index (κ3) is 3.26. The van der Waals surface area contributed by atoms with Crippen molar-refractivity contribution in [2.24, 2.45) is 11.3 Å². The number of alkyl halides is 1. The fraction of sp³-hybridized carbons (Fsp3) is 1.00. The number of methoxy groups -OCH3 is 1. The molecule has 1 nitrogen and oxygen atoms in total. The van der Waals surface area contributed by atoms with Crippen LogP contribution in [-0.2, 0) is 4.74 Å². The van der Waals surface area contributed by atoms with Crippen molar-refractivity contribution in [3.05, 3.63) is 0 Å². The largest absolute Gasteiger partial charge is 0.384 e. The Bertz CT molecular complexity index is 136. The minimum Gasteiger partial charge on any atom is -0.384 e. The van der Waals surface area contributed by atoms with Crippen LogP contribution in [0.15, 0.2) is 0 Å². The molecule has 0 unspecified atom stereocenters. The van der Waals surface area contributed by atoms with Crippen LogP contribution in [0.5, 0.6) is 0 Å². The normalized spacial score (nSPS) is 18.7. The Morgan fingerprint density at radius 1 is 1.38 bits per heavy atom. The van der Waals surface area contributed by atoms with Crippen LogP contribution < -0.4 is 0 Å². The quantitative estimate of drug-likeness (QED) is 0.623. The average molecular weight is 190 g/mol. The number of halogens is 1. The standard InChI is InChI=1S/C11H23FO/c1-6-7-10(12)11(4,8-13-5)9(2)3/h9-10H,6-8H2,1-5H3/t10-,11-/m0/s1. The Morgan fingerprint density at radius 3 is 2.23 bits per heavy atom. The van der Waals surface area contributed by atoms with Gasteiger partial charge < -0.3 is 4.74 Å². The molecule has 0 aliphatic rings. The van der Waals surface area contributed by atoms with Gasteiger partial charge in [0.2, 0.25) is 0 Å². The zero-order valence-corrected chi connectivity index (χ0v) is 9.56. The van der Waals surface area contributed by atoms with Gasteiger partial charge in [0.15, 0.2) is 0 Å². The Morgan fingerprint density at radius 2 is 1.92 bits per heavy atom. The lowest BCUT2D eigenvalue weighted by Crippen LogP contribution is -2.38. The van der Waals surface area contributed by atoms with Crippen molar-refractivity contribution >= 4 is 0 Å². The molecular weight excluding hydrogens is 167 g/mol. The van der Waals surface area contributed by atoms with Crippen LogP contribution in [0.4, 0.5) is 4.39 Å². The lowest BCUT2D eigenvalue weighted by atomic mass is 9.74. The fourth-order valence-electron chi connectivity index (χ4n) is 1.51. The van der Waals surface area contributed by atoms with E-state index in [0.29, 0.717) is 18.9 Å². The highest BCUT2D eigenvalue weighted by molar-refractivity contribution is 4.85. The van der Waals surface area contributed by atoms with E-state index in [9.17, 15) is 4.39 Å². The first-order chi connectivity index (χ1) is 5.99. The lowest BCUT2D eigenvalue weighted by Gasteiger charge is -2.36. The molecule has 0 radical (unpaired) electrons. The third-order valence-corrected chi connectivity index (χ3v) is 3.03. The SMILES string of the molecule is CCC[C@H](F)[C@@](C)(COC)C(C)C. The maximum absolute atomic E-state index is 13.8. The van der Waals surface area contributed by atoms with Crippen LogP contribution in [0.25, 0.3) is 0 Å². The molecule has 0 aliphatic carbocycles. The summed E-state index contributed by atoms with van der Waals surface area (Å²) in [5, 5.41) is 0. The molecular formula is C11H23FO. The van der Waals surface area contributed by atoms with Gasteiger partial charge in [-0.25, -0.2) is 4.39 Å². The molecule has 0 aromatic heterocycles. The van der Waals surface area contributed by atoms with Gasteiger partial charge in [0.1, 0.15) is 6.17 Å². The third-order valence-electron chi connectivity index (χ3n) is 3.03. The van der Waals surface area contributed by atoms with Crippen LogP contribution in [-0.4, -0.2) is 19.9 Å².